The molecule has 5 nitrogen and oxygen atoms in total. The predicted octanol–water partition coefficient (Wildman–Crippen LogP) is 1.59. The molecule has 0 spiro atoms. The van der Waals surface area contributed by atoms with Gasteiger partial charge in [0.15, 0.2) is 0 Å². The molecule has 0 saturated carbocycles. The Bertz CT molecular complexity index is 451. The fourth-order valence-electron chi connectivity index (χ4n) is 2.79. The molecular formula is C13H21N3O2. The highest BCUT2D eigenvalue weighted by Crippen LogP contribution is 2.40. The van der Waals surface area contributed by atoms with E-state index in [0.717, 1.165) is 30.6 Å². The average molecular weight is 251 g/mol. The number of aliphatic carboxylic acids is 1. The molecule has 1 atom stereocenters. The lowest BCUT2D eigenvalue weighted by Crippen LogP contribution is -2.34. The van der Waals surface area contributed by atoms with Gasteiger partial charge in [-0.15, -0.1) is 0 Å². The van der Waals surface area contributed by atoms with Gasteiger partial charge in [0.25, 0.3) is 0 Å². The number of carbonyl (C=O) groups is 1. The van der Waals surface area contributed by atoms with E-state index < -0.39 is 5.97 Å². The van der Waals surface area contributed by atoms with E-state index in [1.165, 1.54) is 0 Å². The molecule has 0 radical (unpaired) electrons. The van der Waals surface area contributed by atoms with Crippen LogP contribution < -0.4 is 5.32 Å². The summed E-state index contributed by atoms with van der Waals surface area (Å²) >= 11 is 0. The maximum absolute atomic E-state index is 10.8. The maximum Gasteiger partial charge on any atom is 0.325 e. The first kappa shape index (κ1) is 13.1. The number of hydrogen-bond donors (Lipinski definition) is 2. The van der Waals surface area contributed by atoms with Crippen molar-refractivity contribution in [2.45, 2.75) is 46.2 Å². The first-order chi connectivity index (χ1) is 8.43. The molecule has 0 fully saturated rings. The normalized spacial score (nSPS) is 21.6. The summed E-state index contributed by atoms with van der Waals surface area (Å²) < 4.78 is 1.63. The number of fused-ring (bicyclic) bond motifs is 1. The standard InChI is InChI=1S/C13H21N3O2/c1-4-14-10-5-13(2,3)6-11-9(10)7-15-16(11)8-12(17)18/h7,10,14H,4-6,8H2,1-3H3,(H,17,18). The second-order valence-electron chi connectivity index (χ2n) is 5.75. The minimum Gasteiger partial charge on any atom is -0.480 e. The van der Waals surface area contributed by atoms with E-state index in [0.29, 0.717) is 0 Å². The van der Waals surface area contributed by atoms with Gasteiger partial charge in [-0.2, -0.15) is 5.10 Å². The summed E-state index contributed by atoms with van der Waals surface area (Å²) in [5.74, 6) is -0.843. The monoisotopic (exact) mass is 251 g/mol. The predicted molar refractivity (Wildman–Crippen MR) is 68.4 cm³/mol. The molecular weight excluding hydrogens is 230 g/mol. The highest BCUT2D eigenvalue weighted by molar-refractivity contribution is 5.66. The summed E-state index contributed by atoms with van der Waals surface area (Å²) in [5.41, 5.74) is 2.41. The van der Waals surface area contributed by atoms with Crippen LogP contribution in [-0.2, 0) is 17.8 Å². The first-order valence-corrected chi connectivity index (χ1v) is 6.42. The Morgan fingerprint density at radius 1 is 1.67 bits per heavy atom. The van der Waals surface area contributed by atoms with Crippen LogP contribution in [0.2, 0.25) is 0 Å². The fourth-order valence-corrected chi connectivity index (χ4v) is 2.79. The molecule has 2 N–H and O–H groups in total. The van der Waals surface area contributed by atoms with E-state index in [1.54, 1.807) is 4.68 Å². The lowest BCUT2D eigenvalue weighted by atomic mass is 9.74. The van der Waals surface area contributed by atoms with Gasteiger partial charge < -0.3 is 10.4 Å². The Labute approximate surface area is 107 Å². The van der Waals surface area contributed by atoms with Gasteiger partial charge in [0, 0.05) is 17.3 Å². The van der Waals surface area contributed by atoms with Crippen molar-refractivity contribution in [2.75, 3.05) is 6.54 Å². The number of hydrogen-bond acceptors (Lipinski definition) is 3. The highest BCUT2D eigenvalue weighted by Gasteiger charge is 2.34. The third kappa shape index (κ3) is 2.56. The molecule has 1 aromatic rings. The Hall–Kier alpha value is -1.36. The van der Waals surface area contributed by atoms with Gasteiger partial charge in [0.05, 0.1) is 6.20 Å². The minimum absolute atomic E-state index is 0.0513. The number of carboxylic acids is 1. The smallest absolute Gasteiger partial charge is 0.325 e. The van der Waals surface area contributed by atoms with Crippen LogP contribution in [0.5, 0.6) is 0 Å². The second-order valence-corrected chi connectivity index (χ2v) is 5.75. The molecule has 1 aliphatic carbocycles. The van der Waals surface area contributed by atoms with Gasteiger partial charge in [0.2, 0.25) is 0 Å². The molecule has 5 heteroatoms. The van der Waals surface area contributed by atoms with Crippen molar-refractivity contribution in [3.63, 3.8) is 0 Å². The molecule has 0 bridgehead atoms. The lowest BCUT2D eigenvalue weighted by Gasteiger charge is -2.35. The third-order valence-electron chi connectivity index (χ3n) is 3.49. The van der Waals surface area contributed by atoms with E-state index in [1.807, 2.05) is 6.20 Å². The van der Waals surface area contributed by atoms with Crippen LogP contribution >= 0.6 is 0 Å². The Morgan fingerprint density at radius 3 is 3.00 bits per heavy atom. The van der Waals surface area contributed by atoms with Crippen LogP contribution in [0, 0.1) is 5.41 Å². The zero-order chi connectivity index (χ0) is 13.3. The molecule has 100 valence electrons. The summed E-state index contributed by atoms with van der Waals surface area (Å²) in [6.45, 7) is 7.38. The van der Waals surface area contributed by atoms with Crippen LogP contribution in [0.15, 0.2) is 6.20 Å². The quantitative estimate of drug-likeness (QED) is 0.852. The van der Waals surface area contributed by atoms with Crippen LogP contribution in [0.4, 0.5) is 0 Å². The van der Waals surface area contributed by atoms with Gasteiger partial charge >= 0.3 is 5.97 Å². The van der Waals surface area contributed by atoms with Gasteiger partial charge in [0.1, 0.15) is 6.54 Å². The van der Waals surface area contributed by atoms with Crippen molar-refractivity contribution >= 4 is 5.97 Å². The number of nitrogens with one attached hydrogen (secondary N) is 1. The van der Waals surface area contributed by atoms with Crippen molar-refractivity contribution in [1.82, 2.24) is 15.1 Å². The first-order valence-electron chi connectivity index (χ1n) is 6.42. The largest absolute Gasteiger partial charge is 0.480 e. The van der Waals surface area contributed by atoms with Crippen LogP contribution in [0.1, 0.15) is 44.5 Å². The summed E-state index contributed by atoms with van der Waals surface area (Å²) in [4.78, 5) is 10.8. The summed E-state index contributed by atoms with van der Waals surface area (Å²) in [6.07, 6.45) is 3.77. The summed E-state index contributed by atoms with van der Waals surface area (Å²) in [7, 11) is 0. The molecule has 0 aromatic carbocycles. The van der Waals surface area contributed by atoms with Gasteiger partial charge in [-0.1, -0.05) is 20.8 Å². The molecule has 1 heterocycles. The fraction of sp³-hybridized carbons (Fsp3) is 0.692. The topological polar surface area (TPSA) is 67.2 Å². The SMILES string of the molecule is CCNC1CC(C)(C)Cc2c1cnn2CC(=O)O. The molecule has 18 heavy (non-hydrogen) atoms. The van der Waals surface area contributed by atoms with E-state index in [9.17, 15) is 4.79 Å². The summed E-state index contributed by atoms with van der Waals surface area (Å²) in [6, 6.07) is 0.288. The number of aromatic nitrogens is 2. The molecule has 0 aliphatic heterocycles. The summed E-state index contributed by atoms with van der Waals surface area (Å²) in [5, 5.41) is 16.6. The molecule has 0 saturated heterocycles. The average Bonchev–Trinajstić information content (AvgIpc) is 2.59. The van der Waals surface area contributed by atoms with Gasteiger partial charge in [-0.3, -0.25) is 9.48 Å². The van der Waals surface area contributed by atoms with E-state index in [-0.39, 0.29) is 18.0 Å². The highest BCUT2D eigenvalue weighted by atomic mass is 16.4. The zero-order valence-corrected chi connectivity index (χ0v) is 11.2. The number of nitrogens with zero attached hydrogens (tertiary/aromatic N) is 2. The molecule has 1 aliphatic rings. The van der Waals surface area contributed by atoms with Crippen molar-refractivity contribution in [1.29, 1.82) is 0 Å². The van der Waals surface area contributed by atoms with E-state index >= 15 is 0 Å². The molecule has 1 unspecified atom stereocenters. The minimum atomic E-state index is -0.843. The molecule has 0 amide bonds. The van der Waals surface area contributed by atoms with Crippen molar-refractivity contribution in [3.05, 3.63) is 17.5 Å². The molecule has 1 aromatic heterocycles. The van der Waals surface area contributed by atoms with Crippen molar-refractivity contribution in [3.8, 4) is 0 Å². The Morgan fingerprint density at radius 2 is 2.39 bits per heavy atom. The van der Waals surface area contributed by atoms with Crippen LogP contribution in [0.25, 0.3) is 0 Å². The van der Waals surface area contributed by atoms with Gasteiger partial charge in [-0.05, 0) is 24.8 Å². The maximum atomic E-state index is 10.8. The zero-order valence-electron chi connectivity index (χ0n) is 11.2. The van der Waals surface area contributed by atoms with Crippen LogP contribution in [-0.4, -0.2) is 27.4 Å². The van der Waals surface area contributed by atoms with Crippen molar-refractivity contribution < 1.29 is 9.90 Å². The second kappa shape index (κ2) is 4.72. The van der Waals surface area contributed by atoms with Crippen molar-refractivity contribution in [2.24, 2.45) is 5.41 Å². The van der Waals surface area contributed by atoms with Crippen LogP contribution in [0.3, 0.4) is 0 Å². The molecule has 2 rings (SSSR count). The Kier molecular flexibility index (Phi) is 3.43. The number of rotatable bonds is 4. The lowest BCUT2D eigenvalue weighted by molar-refractivity contribution is -0.137. The van der Waals surface area contributed by atoms with Gasteiger partial charge in [-0.25, -0.2) is 0 Å². The Balaban J connectivity index is 2.34. The number of carboxylic acid groups (broad SMARTS) is 1. The van der Waals surface area contributed by atoms with E-state index in [2.05, 4.69) is 31.2 Å². The third-order valence-corrected chi connectivity index (χ3v) is 3.49. The van der Waals surface area contributed by atoms with E-state index in [4.69, 9.17) is 5.11 Å².